The van der Waals surface area contributed by atoms with Gasteiger partial charge in [-0.1, -0.05) is 27.7 Å². The molecule has 104 valence electrons. The van der Waals surface area contributed by atoms with E-state index in [0.717, 1.165) is 20.3 Å². The van der Waals surface area contributed by atoms with Crippen LogP contribution in [0.1, 0.15) is 48.0 Å². The molecule has 0 saturated heterocycles. The van der Waals surface area contributed by atoms with Crippen LogP contribution < -0.4 is 0 Å². The minimum atomic E-state index is -4.31. The van der Waals surface area contributed by atoms with Gasteiger partial charge in [0.25, 0.3) is 0 Å². The highest BCUT2D eigenvalue weighted by Crippen LogP contribution is 2.34. The van der Waals surface area contributed by atoms with Crippen LogP contribution in [-0.4, -0.2) is 18.4 Å². The van der Waals surface area contributed by atoms with Crippen LogP contribution in [0.2, 0.25) is 0 Å². The standard InChI is InChI=1S/C13H25F3O/c1-9(2)7-11(10(3)4)8-17-12(5,6)13(14,15)16/h9-11H,7-8H2,1-6H3. The maximum atomic E-state index is 12.6. The molecule has 1 atom stereocenters. The fourth-order valence-electron chi connectivity index (χ4n) is 1.54. The highest BCUT2D eigenvalue weighted by atomic mass is 19.4. The molecule has 0 amide bonds. The summed E-state index contributed by atoms with van der Waals surface area (Å²) < 4.78 is 43.0. The highest BCUT2D eigenvalue weighted by molar-refractivity contribution is 4.79. The fraction of sp³-hybridized carbons (Fsp3) is 1.00. The van der Waals surface area contributed by atoms with Crippen LogP contribution in [-0.2, 0) is 4.74 Å². The molecule has 0 rings (SSSR count). The Morgan fingerprint density at radius 2 is 1.47 bits per heavy atom. The molecule has 0 radical (unpaired) electrons. The first kappa shape index (κ1) is 16.8. The number of rotatable bonds is 6. The zero-order valence-corrected chi connectivity index (χ0v) is 11.7. The van der Waals surface area contributed by atoms with E-state index >= 15 is 0 Å². The molecule has 0 bridgehead atoms. The van der Waals surface area contributed by atoms with E-state index < -0.39 is 11.8 Å². The molecular formula is C13H25F3O. The summed E-state index contributed by atoms with van der Waals surface area (Å²) in [7, 11) is 0. The van der Waals surface area contributed by atoms with Crippen molar-refractivity contribution in [1.82, 2.24) is 0 Å². The Balaban J connectivity index is 4.40. The number of alkyl halides is 3. The van der Waals surface area contributed by atoms with Crippen LogP contribution in [0.3, 0.4) is 0 Å². The molecule has 0 N–H and O–H groups in total. The Labute approximate surface area is 103 Å². The predicted octanol–water partition coefficient (Wildman–Crippen LogP) is 4.66. The summed E-state index contributed by atoms with van der Waals surface area (Å²) in [6.45, 7) is 10.5. The molecule has 17 heavy (non-hydrogen) atoms. The van der Waals surface area contributed by atoms with Crippen LogP contribution in [0.25, 0.3) is 0 Å². The summed E-state index contributed by atoms with van der Waals surface area (Å²) in [5, 5.41) is 0. The van der Waals surface area contributed by atoms with Crippen molar-refractivity contribution in [1.29, 1.82) is 0 Å². The smallest absolute Gasteiger partial charge is 0.366 e. The van der Waals surface area contributed by atoms with Crippen LogP contribution in [0.4, 0.5) is 13.2 Å². The van der Waals surface area contributed by atoms with E-state index in [4.69, 9.17) is 4.74 Å². The third-order valence-electron chi connectivity index (χ3n) is 3.06. The van der Waals surface area contributed by atoms with Crippen molar-refractivity contribution < 1.29 is 17.9 Å². The molecule has 0 aliphatic carbocycles. The van der Waals surface area contributed by atoms with Gasteiger partial charge in [0.05, 0.1) is 6.61 Å². The lowest BCUT2D eigenvalue weighted by Crippen LogP contribution is -2.43. The van der Waals surface area contributed by atoms with Gasteiger partial charge in [0, 0.05) is 0 Å². The molecule has 0 aromatic rings. The van der Waals surface area contributed by atoms with Crippen LogP contribution in [0.5, 0.6) is 0 Å². The van der Waals surface area contributed by atoms with Crippen molar-refractivity contribution in [3.63, 3.8) is 0 Å². The van der Waals surface area contributed by atoms with Crippen molar-refractivity contribution in [3.8, 4) is 0 Å². The predicted molar refractivity (Wildman–Crippen MR) is 63.9 cm³/mol. The average molecular weight is 254 g/mol. The van der Waals surface area contributed by atoms with Crippen LogP contribution >= 0.6 is 0 Å². The van der Waals surface area contributed by atoms with Crippen molar-refractivity contribution in [2.45, 2.75) is 59.7 Å². The van der Waals surface area contributed by atoms with E-state index in [1.807, 2.05) is 13.8 Å². The lowest BCUT2D eigenvalue weighted by molar-refractivity contribution is -0.267. The van der Waals surface area contributed by atoms with E-state index in [1.54, 1.807) is 0 Å². The average Bonchev–Trinajstić information content (AvgIpc) is 2.09. The Morgan fingerprint density at radius 1 is 1.00 bits per heavy atom. The van der Waals surface area contributed by atoms with Gasteiger partial charge < -0.3 is 4.74 Å². The molecule has 0 fully saturated rings. The van der Waals surface area contributed by atoms with Crippen molar-refractivity contribution in [3.05, 3.63) is 0 Å². The third kappa shape index (κ3) is 5.75. The van der Waals surface area contributed by atoms with Gasteiger partial charge in [-0.25, -0.2) is 0 Å². The molecular weight excluding hydrogens is 229 g/mol. The molecule has 0 aromatic heterocycles. The SMILES string of the molecule is CC(C)CC(COC(C)(C)C(F)(F)F)C(C)C. The van der Waals surface area contributed by atoms with Gasteiger partial charge in [-0.3, -0.25) is 0 Å². The first-order valence-corrected chi connectivity index (χ1v) is 6.18. The van der Waals surface area contributed by atoms with E-state index in [9.17, 15) is 13.2 Å². The van der Waals surface area contributed by atoms with E-state index in [1.165, 1.54) is 0 Å². The number of halogens is 3. The highest BCUT2D eigenvalue weighted by Gasteiger charge is 2.48. The minimum Gasteiger partial charge on any atom is -0.366 e. The summed E-state index contributed by atoms with van der Waals surface area (Å²) in [4.78, 5) is 0. The number of hydrogen-bond acceptors (Lipinski definition) is 1. The van der Waals surface area contributed by atoms with Gasteiger partial charge in [0.15, 0.2) is 5.60 Å². The summed E-state index contributed by atoms with van der Waals surface area (Å²) in [5.74, 6) is 0.984. The maximum Gasteiger partial charge on any atom is 0.416 e. The number of hydrogen-bond donors (Lipinski definition) is 0. The van der Waals surface area contributed by atoms with Crippen LogP contribution in [0, 0.1) is 17.8 Å². The lowest BCUT2D eigenvalue weighted by atomic mass is 9.88. The molecule has 0 aliphatic heterocycles. The normalized spacial score (nSPS) is 15.7. The van der Waals surface area contributed by atoms with Gasteiger partial charge in [-0.2, -0.15) is 13.2 Å². The molecule has 0 aromatic carbocycles. The van der Waals surface area contributed by atoms with Gasteiger partial charge >= 0.3 is 6.18 Å². The third-order valence-corrected chi connectivity index (χ3v) is 3.06. The van der Waals surface area contributed by atoms with E-state index in [0.29, 0.717) is 11.8 Å². The Morgan fingerprint density at radius 3 is 1.76 bits per heavy atom. The van der Waals surface area contributed by atoms with Gasteiger partial charge in [0.1, 0.15) is 0 Å². The van der Waals surface area contributed by atoms with E-state index in [-0.39, 0.29) is 12.5 Å². The minimum absolute atomic E-state index is 0.169. The van der Waals surface area contributed by atoms with Crippen molar-refractivity contribution >= 4 is 0 Å². The first-order chi connectivity index (χ1) is 7.47. The summed E-state index contributed by atoms with van der Waals surface area (Å²) >= 11 is 0. The van der Waals surface area contributed by atoms with Crippen molar-refractivity contribution in [2.75, 3.05) is 6.61 Å². The Hall–Kier alpha value is -0.250. The Bertz CT molecular complexity index is 219. The summed E-state index contributed by atoms with van der Waals surface area (Å²) in [6.07, 6.45) is -3.42. The molecule has 0 aliphatic rings. The first-order valence-electron chi connectivity index (χ1n) is 6.18. The summed E-state index contributed by atoms with van der Waals surface area (Å²) in [6, 6.07) is 0. The largest absolute Gasteiger partial charge is 0.416 e. The lowest BCUT2D eigenvalue weighted by Gasteiger charge is -2.31. The zero-order valence-electron chi connectivity index (χ0n) is 11.7. The fourth-order valence-corrected chi connectivity index (χ4v) is 1.54. The van der Waals surface area contributed by atoms with Crippen LogP contribution in [0.15, 0.2) is 0 Å². The monoisotopic (exact) mass is 254 g/mol. The molecule has 0 heterocycles. The Kier molecular flexibility index (Phi) is 5.99. The zero-order chi connectivity index (χ0) is 13.9. The molecule has 1 nitrogen and oxygen atoms in total. The second-order valence-electron chi connectivity index (χ2n) is 5.95. The number of ether oxygens (including phenoxy) is 1. The molecule has 1 unspecified atom stereocenters. The molecule has 0 spiro atoms. The molecule has 4 heteroatoms. The second kappa shape index (κ2) is 6.07. The summed E-state index contributed by atoms with van der Waals surface area (Å²) in [5.41, 5.74) is -2.06. The molecule has 0 saturated carbocycles. The van der Waals surface area contributed by atoms with E-state index in [2.05, 4.69) is 13.8 Å². The topological polar surface area (TPSA) is 9.23 Å². The second-order valence-corrected chi connectivity index (χ2v) is 5.95. The van der Waals surface area contributed by atoms with Gasteiger partial charge in [-0.05, 0) is 38.0 Å². The maximum absolute atomic E-state index is 12.6. The quantitative estimate of drug-likeness (QED) is 0.669. The van der Waals surface area contributed by atoms with Gasteiger partial charge in [-0.15, -0.1) is 0 Å². The van der Waals surface area contributed by atoms with Crippen molar-refractivity contribution in [2.24, 2.45) is 17.8 Å². The van der Waals surface area contributed by atoms with Gasteiger partial charge in [0.2, 0.25) is 0 Å².